The van der Waals surface area contributed by atoms with Gasteiger partial charge in [-0.2, -0.15) is 0 Å². The maximum absolute atomic E-state index is 12.7. The molecule has 0 spiro atoms. The molecule has 0 aromatic heterocycles. The molecule has 1 heterocycles. The Labute approximate surface area is 160 Å². The maximum Gasteiger partial charge on any atom is 0.322 e. The van der Waals surface area contributed by atoms with Gasteiger partial charge in [0.25, 0.3) is 0 Å². The highest BCUT2D eigenvalue weighted by atomic mass is 16.2. The summed E-state index contributed by atoms with van der Waals surface area (Å²) in [6, 6.07) is 19.1. The number of rotatable bonds is 6. The highest BCUT2D eigenvalue weighted by molar-refractivity contribution is 5.98. The van der Waals surface area contributed by atoms with Crippen LogP contribution in [0, 0.1) is 0 Å². The molecule has 1 atom stereocenters. The third kappa shape index (κ3) is 4.34. The number of hydrogen-bond acceptors (Lipinski definition) is 2. The van der Waals surface area contributed by atoms with Gasteiger partial charge >= 0.3 is 6.03 Å². The van der Waals surface area contributed by atoms with Crippen LogP contribution < -0.4 is 5.32 Å². The first kappa shape index (κ1) is 18.6. The second-order valence-electron chi connectivity index (χ2n) is 6.60. The monoisotopic (exact) mass is 360 g/mol. The minimum Gasteiger partial charge on any atom is -0.327 e. The Balaban J connectivity index is 1.78. The van der Waals surface area contributed by atoms with E-state index in [0.29, 0.717) is 18.5 Å². The Morgan fingerprint density at radius 3 is 2.33 bits per heavy atom. The standard InChI is InChI=1S/C23H24N2O2/c1-17-21(18(2)26)22(20-14-7-4-8-15-20)24-23(27)25(17)16-10-9-13-19-11-5-3-6-12-19/h3-9,11-15,22H,10,16H2,1-2H3,(H,24,27). The molecular weight excluding hydrogens is 336 g/mol. The number of Topliss-reactive ketones (excluding diaryl/α,β-unsaturated/α-hetero) is 1. The second-order valence-corrected chi connectivity index (χ2v) is 6.60. The molecular formula is C23H24N2O2. The van der Waals surface area contributed by atoms with Crippen molar-refractivity contribution in [1.29, 1.82) is 0 Å². The van der Waals surface area contributed by atoms with Crippen LogP contribution in [0.2, 0.25) is 0 Å². The average Bonchev–Trinajstić information content (AvgIpc) is 2.68. The Morgan fingerprint density at radius 2 is 1.70 bits per heavy atom. The molecule has 0 radical (unpaired) electrons. The Morgan fingerprint density at radius 1 is 1.07 bits per heavy atom. The largest absolute Gasteiger partial charge is 0.327 e. The third-order valence-corrected chi connectivity index (χ3v) is 4.74. The number of hydrogen-bond donors (Lipinski definition) is 1. The number of nitrogens with zero attached hydrogens (tertiary/aromatic N) is 1. The first-order valence-electron chi connectivity index (χ1n) is 9.14. The average molecular weight is 360 g/mol. The van der Waals surface area contributed by atoms with Crippen LogP contribution >= 0.6 is 0 Å². The zero-order chi connectivity index (χ0) is 19.2. The summed E-state index contributed by atoms with van der Waals surface area (Å²) in [6.07, 6.45) is 4.80. The minimum absolute atomic E-state index is 0.0221. The fourth-order valence-electron chi connectivity index (χ4n) is 3.39. The quantitative estimate of drug-likeness (QED) is 0.810. The third-order valence-electron chi connectivity index (χ3n) is 4.74. The van der Waals surface area contributed by atoms with Gasteiger partial charge in [0.2, 0.25) is 0 Å². The molecule has 2 amide bonds. The van der Waals surface area contributed by atoms with Crippen molar-refractivity contribution in [3.63, 3.8) is 0 Å². The van der Waals surface area contributed by atoms with Gasteiger partial charge < -0.3 is 5.32 Å². The Hall–Kier alpha value is -3.14. The lowest BCUT2D eigenvalue weighted by molar-refractivity contribution is -0.114. The molecule has 27 heavy (non-hydrogen) atoms. The van der Waals surface area contributed by atoms with E-state index in [-0.39, 0.29) is 11.8 Å². The van der Waals surface area contributed by atoms with Gasteiger partial charge in [0.05, 0.1) is 6.04 Å². The van der Waals surface area contributed by atoms with Crippen LogP contribution in [0.4, 0.5) is 4.79 Å². The van der Waals surface area contributed by atoms with Gasteiger partial charge in [0, 0.05) is 17.8 Å². The normalized spacial score (nSPS) is 17.3. The number of benzene rings is 2. The lowest BCUT2D eigenvalue weighted by Crippen LogP contribution is -2.47. The predicted octanol–water partition coefficient (Wildman–Crippen LogP) is 4.72. The molecule has 0 bridgehead atoms. The fraction of sp³-hybridized carbons (Fsp3) is 0.217. The van der Waals surface area contributed by atoms with Crippen LogP contribution in [0.15, 0.2) is 78.0 Å². The van der Waals surface area contributed by atoms with Crippen LogP contribution in [0.1, 0.15) is 37.4 Å². The van der Waals surface area contributed by atoms with Crippen LogP contribution in [0.3, 0.4) is 0 Å². The molecule has 4 heteroatoms. The van der Waals surface area contributed by atoms with Crippen LogP contribution in [0.25, 0.3) is 6.08 Å². The van der Waals surface area contributed by atoms with Crippen molar-refractivity contribution in [2.24, 2.45) is 0 Å². The van der Waals surface area contributed by atoms with E-state index in [0.717, 1.165) is 16.8 Å². The molecule has 1 aliphatic rings. The van der Waals surface area contributed by atoms with Crippen LogP contribution in [-0.2, 0) is 4.79 Å². The van der Waals surface area contributed by atoms with Crippen molar-refractivity contribution in [1.82, 2.24) is 10.2 Å². The molecule has 1 N–H and O–H groups in total. The summed E-state index contributed by atoms with van der Waals surface area (Å²) in [5.41, 5.74) is 3.42. The minimum atomic E-state index is -0.396. The van der Waals surface area contributed by atoms with Crippen molar-refractivity contribution in [2.45, 2.75) is 26.3 Å². The zero-order valence-corrected chi connectivity index (χ0v) is 15.7. The fourth-order valence-corrected chi connectivity index (χ4v) is 3.39. The van der Waals surface area contributed by atoms with E-state index in [1.54, 1.807) is 11.8 Å². The van der Waals surface area contributed by atoms with E-state index in [4.69, 9.17) is 0 Å². The van der Waals surface area contributed by atoms with Crippen molar-refractivity contribution in [2.75, 3.05) is 6.54 Å². The van der Waals surface area contributed by atoms with Gasteiger partial charge in [-0.1, -0.05) is 72.8 Å². The number of nitrogens with one attached hydrogen (secondary N) is 1. The van der Waals surface area contributed by atoms with Gasteiger partial charge in [0.1, 0.15) is 0 Å². The zero-order valence-electron chi connectivity index (χ0n) is 15.7. The summed E-state index contributed by atoms with van der Waals surface area (Å²) in [4.78, 5) is 26.6. The first-order valence-corrected chi connectivity index (χ1v) is 9.14. The summed E-state index contributed by atoms with van der Waals surface area (Å²) in [6.45, 7) is 3.94. The summed E-state index contributed by atoms with van der Waals surface area (Å²) < 4.78 is 0. The Bertz CT molecular complexity index is 870. The Kier molecular flexibility index (Phi) is 5.87. The topological polar surface area (TPSA) is 49.4 Å². The summed E-state index contributed by atoms with van der Waals surface area (Å²) in [5, 5.41) is 2.99. The van der Waals surface area contributed by atoms with E-state index >= 15 is 0 Å². The van der Waals surface area contributed by atoms with Crippen molar-refractivity contribution in [3.05, 3.63) is 89.1 Å². The number of carbonyl (C=O) groups is 2. The molecule has 2 aromatic carbocycles. The maximum atomic E-state index is 12.7. The summed E-state index contributed by atoms with van der Waals surface area (Å²) in [7, 11) is 0. The van der Waals surface area contributed by atoms with Gasteiger partial charge in [-0.15, -0.1) is 0 Å². The lowest BCUT2D eigenvalue weighted by Gasteiger charge is -2.35. The molecule has 4 nitrogen and oxygen atoms in total. The molecule has 1 unspecified atom stereocenters. The number of allylic oxidation sites excluding steroid dienone is 1. The highest BCUT2D eigenvalue weighted by Gasteiger charge is 2.33. The SMILES string of the molecule is CC(=O)C1=C(C)N(CCC=Cc2ccccc2)C(=O)NC1c1ccccc1. The van der Waals surface area contributed by atoms with Gasteiger partial charge in [-0.05, 0) is 31.4 Å². The highest BCUT2D eigenvalue weighted by Crippen LogP contribution is 2.30. The number of ketones is 1. The van der Waals surface area contributed by atoms with E-state index in [1.165, 1.54) is 0 Å². The molecule has 0 fully saturated rings. The van der Waals surface area contributed by atoms with Gasteiger partial charge in [0.15, 0.2) is 5.78 Å². The van der Waals surface area contributed by atoms with Gasteiger partial charge in [-0.25, -0.2) is 4.79 Å². The number of urea groups is 1. The van der Waals surface area contributed by atoms with Crippen molar-refractivity contribution in [3.8, 4) is 0 Å². The molecule has 1 aliphatic heterocycles. The van der Waals surface area contributed by atoms with Crippen LogP contribution in [0.5, 0.6) is 0 Å². The molecule has 138 valence electrons. The molecule has 0 saturated heterocycles. The van der Waals surface area contributed by atoms with Gasteiger partial charge in [-0.3, -0.25) is 9.69 Å². The lowest BCUT2D eigenvalue weighted by atomic mass is 9.92. The van der Waals surface area contributed by atoms with E-state index < -0.39 is 6.04 Å². The van der Waals surface area contributed by atoms with E-state index in [2.05, 4.69) is 5.32 Å². The molecule has 0 aliphatic carbocycles. The second kappa shape index (κ2) is 8.49. The van der Waals surface area contributed by atoms with E-state index in [1.807, 2.05) is 79.7 Å². The predicted molar refractivity (Wildman–Crippen MR) is 108 cm³/mol. The smallest absolute Gasteiger partial charge is 0.322 e. The molecule has 0 saturated carbocycles. The first-order chi connectivity index (χ1) is 13.1. The van der Waals surface area contributed by atoms with Crippen LogP contribution in [-0.4, -0.2) is 23.3 Å². The number of amides is 2. The number of carbonyl (C=O) groups excluding carboxylic acids is 2. The molecule has 2 aromatic rings. The molecule has 3 rings (SSSR count). The van der Waals surface area contributed by atoms with Crippen molar-refractivity contribution >= 4 is 17.9 Å². The summed E-state index contributed by atoms with van der Waals surface area (Å²) >= 11 is 0. The summed E-state index contributed by atoms with van der Waals surface area (Å²) in [5.74, 6) is -0.0221. The van der Waals surface area contributed by atoms with Crippen molar-refractivity contribution < 1.29 is 9.59 Å². The van der Waals surface area contributed by atoms with E-state index in [9.17, 15) is 9.59 Å².